The molecule has 0 aliphatic heterocycles. The summed E-state index contributed by atoms with van der Waals surface area (Å²) in [6, 6.07) is 10.6. The van der Waals surface area contributed by atoms with E-state index in [0.29, 0.717) is 5.95 Å². The molecular formula is C16H18N4S. The molecule has 3 rings (SSSR count). The van der Waals surface area contributed by atoms with Gasteiger partial charge in [0.05, 0.1) is 5.39 Å². The van der Waals surface area contributed by atoms with Crippen molar-refractivity contribution < 1.29 is 0 Å². The van der Waals surface area contributed by atoms with Gasteiger partial charge in [-0.2, -0.15) is 4.98 Å². The molecule has 0 aliphatic carbocycles. The standard InChI is InChI=1S/C16H18N4S/c1-3-17-16-19-14(13-8-9-21-15(13)20-16)18-10-12-6-4-11(2)5-7-12/h4-9H,3,10H2,1-2H3,(H2,17,18,19,20). The molecule has 0 bridgehead atoms. The molecule has 0 saturated carbocycles. The Bertz CT molecular complexity index is 734. The fourth-order valence-corrected chi connectivity index (χ4v) is 2.88. The molecule has 0 spiro atoms. The smallest absolute Gasteiger partial charge is 0.226 e. The van der Waals surface area contributed by atoms with E-state index >= 15 is 0 Å². The first-order valence-electron chi connectivity index (χ1n) is 7.05. The number of aryl methyl sites for hydroxylation is 1. The van der Waals surface area contributed by atoms with Crippen molar-refractivity contribution in [2.24, 2.45) is 0 Å². The third-order valence-corrected chi connectivity index (χ3v) is 4.05. The van der Waals surface area contributed by atoms with Gasteiger partial charge < -0.3 is 10.6 Å². The molecule has 2 heterocycles. The van der Waals surface area contributed by atoms with E-state index in [2.05, 4.69) is 57.9 Å². The minimum atomic E-state index is 0.679. The van der Waals surface area contributed by atoms with Gasteiger partial charge in [-0.05, 0) is 30.9 Å². The van der Waals surface area contributed by atoms with Gasteiger partial charge in [-0.25, -0.2) is 4.98 Å². The van der Waals surface area contributed by atoms with Crippen LogP contribution in [0, 0.1) is 6.92 Å². The maximum Gasteiger partial charge on any atom is 0.226 e. The highest BCUT2D eigenvalue weighted by molar-refractivity contribution is 7.16. The summed E-state index contributed by atoms with van der Waals surface area (Å²) in [5.41, 5.74) is 2.52. The van der Waals surface area contributed by atoms with Crippen LogP contribution in [0.3, 0.4) is 0 Å². The third kappa shape index (κ3) is 3.13. The van der Waals surface area contributed by atoms with Crippen LogP contribution in [0.2, 0.25) is 0 Å². The largest absolute Gasteiger partial charge is 0.365 e. The van der Waals surface area contributed by atoms with Gasteiger partial charge in [0.2, 0.25) is 5.95 Å². The molecule has 0 radical (unpaired) electrons. The van der Waals surface area contributed by atoms with Crippen molar-refractivity contribution in [3.63, 3.8) is 0 Å². The summed E-state index contributed by atoms with van der Waals surface area (Å²) in [5, 5.41) is 9.73. The van der Waals surface area contributed by atoms with Gasteiger partial charge >= 0.3 is 0 Å². The zero-order valence-electron chi connectivity index (χ0n) is 12.2. The van der Waals surface area contributed by atoms with E-state index in [-0.39, 0.29) is 0 Å². The number of hydrogen-bond donors (Lipinski definition) is 2. The van der Waals surface area contributed by atoms with Crippen LogP contribution in [0.15, 0.2) is 35.7 Å². The molecule has 0 saturated heterocycles. The van der Waals surface area contributed by atoms with Gasteiger partial charge in [-0.3, -0.25) is 0 Å². The van der Waals surface area contributed by atoms with Crippen molar-refractivity contribution in [2.45, 2.75) is 20.4 Å². The highest BCUT2D eigenvalue weighted by atomic mass is 32.1. The maximum atomic E-state index is 4.57. The summed E-state index contributed by atoms with van der Waals surface area (Å²) in [7, 11) is 0. The second-order valence-electron chi connectivity index (χ2n) is 4.90. The van der Waals surface area contributed by atoms with Crippen LogP contribution in [0.4, 0.5) is 11.8 Å². The quantitative estimate of drug-likeness (QED) is 0.746. The van der Waals surface area contributed by atoms with E-state index in [4.69, 9.17) is 0 Å². The van der Waals surface area contributed by atoms with Crippen molar-refractivity contribution in [1.29, 1.82) is 0 Å². The van der Waals surface area contributed by atoms with Crippen molar-refractivity contribution >= 4 is 33.3 Å². The summed E-state index contributed by atoms with van der Waals surface area (Å²) in [6.45, 7) is 5.71. The molecule has 21 heavy (non-hydrogen) atoms. The fraction of sp³-hybridized carbons (Fsp3) is 0.250. The van der Waals surface area contributed by atoms with Crippen LogP contribution in [-0.2, 0) is 6.54 Å². The van der Waals surface area contributed by atoms with Crippen LogP contribution in [0.5, 0.6) is 0 Å². The average Bonchev–Trinajstić information content (AvgIpc) is 2.95. The maximum absolute atomic E-state index is 4.57. The molecule has 4 nitrogen and oxygen atoms in total. The molecule has 3 aromatic rings. The van der Waals surface area contributed by atoms with E-state index in [1.165, 1.54) is 11.1 Å². The molecule has 2 aromatic heterocycles. The number of nitrogens with zero attached hydrogens (tertiary/aromatic N) is 2. The summed E-state index contributed by atoms with van der Waals surface area (Å²) in [6.07, 6.45) is 0. The van der Waals surface area contributed by atoms with E-state index in [9.17, 15) is 0 Å². The van der Waals surface area contributed by atoms with E-state index in [1.807, 2.05) is 12.3 Å². The third-order valence-electron chi connectivity index (χ3n) is 3.24. The normalized spacial score (nSPS) is 10.8. The van der Waals surface area contributed by atoms with Gasteiger partial charge in [0.1, 0.15) is 10.6 Å². The lowest BCUT2D eigenvalue weighted by Crippen LogP contribution is -2.06. The van der Waals surface area contributed by atoms with Crippen molar-refractivity contribution in [3.8, 4) is 0 Å². The lowest BCUT2D eigenvalue weighted by atomic mass is 10.1. The van der Waals surface area contributed by atoms with E-state index < -0.39 is 0 Å². The summed E-state index contributed by atoms with van der Waals surface area (Å²) < 4.78 is 0. The Morgan fingerprint density at radius 2 is 1.86 bits per heavy atom. The molecule has 0 atom stereocenters. The van der Waals surface area contributed by atoms with Crippen LogP contribution in [0.25, 0.3) is 10.2 Å². The lowest BCUT2D eigenvalue weighted by Gasteiger charge is -2.09. The van der Waals surface area contributed by atoms with Crippen LogP contribution >= 0.6 is 11.3 Å². The van der Waals surface area contributed by atoms with Gasteiger partial charge in [0.15, 0.2) is 0 Å². The molecule has 2 N–H and O–H groups in total. The molecule has 0 unspecified atom stereocenters. The Balaban J connectivity index is 1.84. The molecule has 0 amide bonds. The van der Waals surface area contributed by atoms with Gasteiger partial charge in [0.25, 0.3) is 0 Å². The summed E-state index contributed by atoms with van der Waals surface area (Å²) >= 11 is 1.63. The topological polar surface area (TPSA) is 49.8 Å². The first-order chi connectivity index (χ1) is 10.3. The molecular weight excluding hydrogens is 280 g/mol. The van der Waals surface area contributed by atoms with E-state index in [1.54, 1.807) is 11.3 Å². The van der Waals surface area contributed by atoms with Gasteiger partial charge in [-0.1, -0.05) is 29.8 Å². The van der Waals surface area contributed by atoms with E-state index in [0.717, 1.165) is 29.1 Å². The highest BCUT2D eigenvalue weighted by Crippen LogP contribution is 2.26. The number of benzene rings is 1. The van der Waals surface area contributed by atoms with Crippen molar-refractivity contribution in [2.75, 3.05) is 17.2 Å². The molecule has 0 fully saturated rings. The second-order valence-corrected chi connectivity index (χ2v) is 5.80. The molecule has 108 valence electrons. The SMILES string of the molecule is CCNc1nc(NCc2ccc(C)cc2)c2ccsc2n1. The average molecular weight is 298 g/mol. The number of fused-ring (bicyclic) bond motifs is 1. The predicted octanol–water partition coefficient (Wildman–Crippen LogP) is 4.04. The first-order valence-corrected chi connectivity index (χ1v) is 7.93. The number of nitrogens with one attached hydrogen (secondary N) is 2. The zero-order valence-corrected chi connectivity index (χ0v) is 13.0. The van der Waals surface area contributed by atoms with Crippen molar-refractivity contribution in [1.82, 2.24) is 9.97 Å². The Kier molecular flexibility index (Phi) is 4.01. The number of aromatic nitrogens is 2. The molecule has 5 heteroatoms. The number of hydrogen-bond acceptors (Lipinski definition) is 5. The monoisotopic (exact) mass is 298 g/mol. The Labute approximate surface area is 128 Å². The fourth-order valence-electron chi connectivity index (χ4n) is 2.12. The number of thiophene rings is 1. The number of anilines is 2. The van der Waals surface area contributed by atoms with Crippen molar-refractivity contribution in [3.05, 3.63) is 46.8 Å². The van der Waals surface area contributed by atoms with Gasteiger partial charge in [0, 0.05) is 13.1 Å². The molecule has 1 aromatic carbocycles. The second kappa shape index (κ2) is 6.10. The summed E-state index contributed by atoms with van der Waals surface area (Å²) in [4.78, 5) is 10.1. The van der Waals surface area contributed by atoms with Crippen LogP contribution < -0.4 is 10.6 Å². The first kappa shape index (κ1) is 13.8. The number of rotatable bonds is 5. The van der Waals surface area contributed by atoms with Crippen LogP contribution in [-0.4, -0.2) is 16.5 Å². The zero-order chi connectivity index (χ0) is 14.7. The minimum absolute atomic E-state index is 0.679. The molecule has 0 aliphatic rings. The van der Waals surface area contributed by atoms with Crippen LogP contribution in [0.1, 0.15) is 18.1 Å². The Morgan fingerprint density at radius 3 is 2.62 bits per heavy atom. The lowest BCUT2D eigenvalue weighted by molar-refractivity contribution is 1.08. The van der Waals surface area contributed by atoms with Gasteiger partial charge in [-0.15, -0.1) is 11.3 Å². The predicted molar refractivity (Wildman–Crippen MR) is 90.1 cm³/mol. The summed E-state index contributed by atoms with van der Waals surface area (Å²) in [5.74, 6) is 1.57. The Hall–Kier alpha value is -2.14. The highest BCUT2D eigenvalue weighted by Gasteiger charge is 2.08. The Morgan fingerprint density at radius 1 is 1.05 bits per heavy atom. The minimum Gasteiger partial charge on any atom is -0.365 e.